The zero-order chi connectivity index (χ0) is 27.1. The van der Waals surface area contributed by atoms with Gasteiger partial charge in [-0.25, -0.2) is 27.4 Å². The van der Waals surface area contributed by atoms with Gasteiger partial charge in [-0.2, -0.15) is 5.10 Å². The molecular formula is C28H32N4O5S. The second-order valence-corrected chi connectivity index (χ2v) is 10.9. The van der Waals surface area contributed by atoms with Crippen LogP contribution in [-0.2, 0) is 14.8 Å². The highest BCUT2D eigenvalue weighted by molar-refractivity contribution is 7.90. The van der Waals surface area contributed by atoms with Crippen LogP contribution < -0.4 is 10.0 Å². The van der Waals surface area contributed by atoms with Crippen LogP contribution in [0.15, 0.2) is 65.6 Å². The first-order valence-electron chi connectivity index (χ1n) is 12.7. The molecule has 0 radical (unpaired) electrons. The number of hydrogen-bond acceptors (Lipinski definition) is 6. The van der Waals surface area contributed by atoms with Gasteiger partial charge in [0, 0.05) is 6.04 Å². The molecule has 0 saturated heterocycles. The van der Waals surface area contributed by atoms with E-state index in [1.165, 1.54) is 12.1 Å². The number of hydrogen-bond donors (Lipinski definition) is 2. The van der Waals surface area contributed by atoms with Crippen LogP contribution >= 0.6 is 0 Å². The number of ether oxygens (including phenoxy) is 1. The van der Waals surface area contributed by atoms with Crippen molar-refractivity contribution in [3.8, 4) is 5.69 Å². The van der Waals surface area contributed by atoms with Crippen molar-refractivity contribution in [2.75, 3.05) is 6.61 Å². The average molecular weight is 537 g/mol. The molecule has 2 amide bonds. The quantitative estimate of drug-likeness (QED) is 0.394. The Morgan fingerprint density at radius 3 is 2.39 bits per heavy atom. The Balaban J connectivity index is 1.59. The number of amides is 2. The van der Waals surface area contributed by atoms with E-state index in [1.807, 2.05) is 43.3 Å². The lowest BCUT2D eigenvalue weighted by Gasteiger charge is -2.22. The number of carbonyl (C=O) groups excluding carboxylic acids is 2. The van der Waals surface area contributed by atoms with Gasteiger partial charge in [-0.05, 0) is 74.2 Å². The smallest absolute Gasteiger partial charge is 0.358 e. The maximum atomic E-state index is 12.8. The van der Waals surface area contributed by atoms with Crippen LogP contribution in [0, 0.1) is 0 Å². The lowest BCUT2D eigenvalue weighted by Crippen LogP contribution is -2.45. The van der Waals surface area contributed by atoms with Crippen LogP contribution in [0.1, 0.15) is 67.7 Å². The minimum atomic E-state index is -4.07. The molecule has 1 aliphatic carbocycles. The number of urea groups is 1. The number of rotatable bonds is 8. The van der Waals surface area contributed by atoms with Gasteiger partial charge in [0.2, 0.25) is 0 Å². The lowest BCUT2D eigenvalue weighted by molar-refractivity contribution is 0.0519. The number of aromatic nitrogens is 2. The summed E-state index contributed by atoms with van der Waals surface area (Å²) in [4.78, 5) is 24.7. The molecular weight excluding hydrogens is 504 g/mol. The molecule has 0 atom stereocenters. The van der Waals surface area contributed by atoms with E-state index in [0.717, 1.165) is 43.2 Å². The largest absolute Gasteiger partial charge is 0.461 e. The zero-order valence-electron chi connectivity index (χ0n) is 21.5. The topological polar surface area (TPSA) is 119 Å². The van der Waals surface area contributed by atoms with E-state index in [4.69, 9.17) is 4.74 Å². The van der Waals surface area contributed by atoms with E-state index >= 15 is 0 Å². The van der Waals surface area contributed by atoms with E-state index in [2.05, 4.69) is 15.1 Å². The highest BCUT2D eigenvalue weighted by Crippen LogP contribution is 2.24. The van der Waals surface area contributed by atoms with Crippen molar-refractivity contribution >= 4 is 33.7 Å². The monoisotopic (exact) mass is 536 g/mol. The van der Waals surface area contributed by atoms with E-state index in [-0.39, 0.29) is 23.2 Å². The van der Waals surface area contributed by atoms with Gasteiger partial charge < -0.3 is 10.1 Å². The summed E-state index contributed by atoms with van der Waals surface area (Å²) in [5.41, 5.74) is 3.16. The fourth-order valence-electron chi connectivity index (χ4n) is 4.45. The number of nitrogens with one attached hydrogen (secondary N) is 2. The van der Waals surface area contributed by atoms with Gasteiger partial charge >= 0.3 is 12.0 Å². The summed E-state index contributed by atoms with van der Waals surface area (Å²) in [5.74, 6) is -0.549. The van der Waals surface area contributed by atoms with Crippen LogP contribution in [-0.4, -0.2) is 42.8 Å². The Labute approximate surface area is 222 Å². The van der Waals surface area contributed by atoms with Crippen LogP contribution in [0.2, 0.25) is 0 Å². The molecule has 4 rings (SSSR count). The predicted molar refractivity (Wildman–Crippen MR) is 145 cm³/mol. The van der Waals surface area contributed by atoms with Crippen molar-refractivity contribution in [3.05, 3.63) is 77.6 Å². The van der Waals surface area contributed by atoms with Gasteiger partial charge in [0.05, 0.1) is 22.9 Å². The minimum absolute atomic E-state index is 0.0136. The summed E-state index contributed by atoms with van der Waals surface area (Å²) >= 11 is 0. The highest BCUT2D eigenvalue weighted by Gasteiger charge is 2.22. The lowest BCUT2D eigenvalue weighted by atomic mass is 9.96. The molecule has 1 aromatic heterocycles. The first-order chi connectivity index (χ1) is 18.3. The first kappa shape index (κ1) is 27.1. The van der Waals surface area contributed by atoms with Gasteiger partial charge in [0.1, 0.15) is 0 Å². The van der Waals surface area contributed by atoms with Crippen LogP contribution in [0.3, 0.4) is 0 Å². The molecule has 38 heavy (non-hydrogen) atoms. The van der Waals surface area contributed by atoms with Gasteiger partial charge in [-0.3, -0.25) is 0 Å². The minimum Gasteiger partial charge on any atom is -0.461 e. The zero-order valence-corrected chi connectivity index (χ0v) is 22.3. The molecule has 0 aliphatic heterocycles. The maximum Gasteiger partial charge on any atom is 0.358 e. The van der Waals surface area contributed by atoms with Gasteiger partial charge in [0.25, 0.3) is 10.0 Å². The van der Waals surface area contributed by atoms with Crippen molar-refractivity contribution < 1.29 is 22.7 Å². The van der Waals surface area contributed by atoms with Gasteiger partial charge in [-0.1, -0.05) is 49.6 Å². The second kappa shape index (κ2) is 12.1. The Morgan fingerprint density at radius 1 is 1.05 bits per heavy atom. The first-order valence-corrected chi connectivity index (χ1v) is 14.2. The Morgan fingerprint density at radius 2 is 1.74 bits per heavy atom. The number of allylic oxidation sites excluding steroid dienone is 1. The third kappa shape index (κ3) is 6.69. The van der Waals surface area contributed by atoms with Crippen molar-refractivity contribution in [1.82, 2.24) is 19.8 Å². The molecule has 0 bridgehead atoms. The standard InChI is InChI=1S/C28H32N4O5S/c1-3-37-27(33)25-19-26(20(2)18-21-10-6-4-7-11-21)32(30-25)23-14-16-24(17-15-23)38(35,36)31-28(34)29-22-12-8-5-9-13-22/h4,6-7,10-11,14-19,22H,3,5,8-9,12-13H2,1-2H3,(H2,29,31,34)/b20-18+. The number of nitrogens with zero attached hydrogens (tertiary/aromatic N) is 2. The maximum absolute atomic E-state index is 12.8. The predicted octanol–water partition coefficient (Wildman–Crippen LogP) is 4.93. The van der Waals surface area contributed by atoms with E-state index in [1.54, 1.807) is 29.8 Å². The number of sulfonamides is 1. The fraction of sp³-hybridized carbons (Fsp3) is 0.321. The SMILES string of the molecule is CCOC(=O)c1cc(/C(C)=C/c2ccccc2)n(-c2ccc(S(=O)(=O)NC(=O)NC3CCCCC3)cc2)n1. The van der Waals surface area contributed by atoms with Crippen molar-refractivity contribution in [1.29, 1.82) is 0 Å². The molecule has 10 heteroatoms. The van der Waals surface area contributed by atoms with Crippen molar-refractivity contribution in [2.45, 2.75) is 56.9 Å². The summed E-state index contributed by atoms with van der Waals surface area (Å²) in [5, 5.41) is 7.19. The molecule has 1 saturated carbocycles. The molecule has 3 aromatic rings. The van der Waals surface area contributed by atoms with E-state index < -0.39 is 22.0 Å². The second-order valence-electron chi connectivity index (χ2n) is 9.19. The van der Waals surface area contributed by atoms with Crippen LogP contribution in [0.4, 0.5) is 4.79 Å². The molecule has 1 heterocycles. The Bertz CT molecular complexity index is 1410. The molecule has 0 unspecified atom stereocenters. The van der Waals surface area contributed by atoms with Crippen LogP contribution in [0.5, 0.6) is 0 Å². The molecule has 200 valence electrons. The molecule has 2 aromatic carbocycles. The number of carbonyl (C=O) groups is 2. The van der Waals surface area contributed by atoms with E-state index in [9.17, 15) is 18.0 Å². The Kier molecular flexibility index (Phi) is 8.62. The molecule has 2 N–H and O–H groups in total. The molecule has 1 fully saturated rings. The van der Waals surface area contributed by atoms with Crippen molar-refractivity contribution in [3.63, 3.8) is 0 Å². The number of benzene rings is 2. The molecule has 1 aliphatic rings. The van der Waals surface area contributed by atoms with Gasteiger partial charge in [0.15, 0.2) is 5.69 Å². The summed E-state index contributed by atoms with van der Waals surface area (Å²) in [6.45, 7) is 3.84. The summed E-state index contributed by atoms with van der Waals surface area (Å²) in [7, 11) is -4.07. The third-order valence-corrected chi connectivity index (χ3v) is 7.69. The summed E-state index contributed by atoms with van der Waals surface area (Å²) in [6.07, 6.45) is 6.83. The third-order valence-electron chi connectivity index (χ3n) is 6.34. The van der Waals surface area contributed by atoms with E-state index in [0.29, 0.717) is 11.4 Å². The fourth-order valence-corrected chi connectivity index (χ4v) is 5.36. The average Bonchev–Trinajstić information content (AvgIpc) is 3.36. The van der Waals surface area contributed by atoms with Crippen LogP contribution in [0.25, 0.3) is 17.3 Å². The molecule has 0 spiro atoms. The summed E-state index contributed by atoms with van der Waals surface area (Å²) < 4.78 is 34.4. The highest BCUT2D eigenvalue weighted by atomic mass is 32.2. The molecule has 9 nitrogen and oxygen atoms in total. The summed E-state index contributed by atoms with van der Waals surface area (Å²) in [6, 6.07) is 16.6. The normalized spacial score (nSPS) is 14.6. The number of esters is 1. The van der Waals surface area contributed by atoms with Crippen molar-refractivity contribution in [2.24, 2.45) is 0 Å². The Hall–Kier alpha value is -3.92. The van der Waals surface area contributed by atoms with Gasteiger partial charge in [-0.15, -0.1) is 0 Å².